The van der Waals surface area contributed by atoms with Gasteiger partial charge in [0.1, 0.15) is 11.4 Å². The topological polar surface area (TPSA) is 90.6 Å². The van der Waals surface area contributed by atoms with Gasteiger partial charge in [0.15, 0.2) is 12.7 Å². The van der Waals surface area contributed by atoms with E-state index < -0.39 is 6.10 Å². The van der Waals surface area contributed by atoms with Gasteiger partial charge in [-0.05, 0) is 42.8 Å². The molecule has 0 bridgehead atoms. The van der Waals surface area contributed by atoms with E-state index in [-0.39, 0.29) is 12.5 Å². The number of rotatable bonds is 5. The van der Waals surface area contributed by atoms with Gasteiger partial charge in [0.05, 0.1) is 13.2 Å². The Balaban J connectivity index is 1.37. The van der Waals surface area contributed by atoms with Gasteiger partial charge in [0.25, 0.3) is 11.8 Å². The first-order valence-corrected chi connectivity index (χ1v) is 9.51. The fraction of sp³-hybridized carbons (Fsp3) is 0.300. The largest absolute Gasteiger partial charge is 0.484 e. The van der Waals surface area contributed by atoms with Crippen LogP contribution in [0.5, 0.6) is 5.75 Å². The lowest BCUT2D eigenvalue weighted by atomic mass is 10.2. The number of benzene rings is 1. The van der Waals surface area contributed by atoms with Crippen LogP contribution < -0.4 is 4.74 Å². The van der Waals surface area contributed by atoms with Crippen LogP contribution >= 0.6 is 11.6 Å². The number of hydrogen-bond acceptors (Lipinski definition) is 7. The van der Waals surface area contributed by atoms with Gasteiger partial charge in [0.2, 0.25) is 5.82 Å². The summed E-state index contributed by atoms with van der Waals surface area (Å²) in [6.45, 7) is 2.97. The van der Waals surface area contributed by atoms with E-state index in [0.717, 1.165) is 5.56 Å². The minimum absolute atomic E-state index is 0.0726. The standard InChI is InChI=1S/C20H19ClN4O4/c1-13-10-14(5-6-15(13)21)28-12-18(26)25-8-9-27-17(11-25)20-23-19(24-29-20)16-4-2-3-7-22-16/h2-7,10,17H,8-9,11-12H2,1H3/t17-/m0/s1. The van der Waals surface area contributed by atoms with Gasteiger partial charge in [-0.1, -0.05) is 22.8 Å². The zero-order valence-electron chi connectivity index (χ0n) is 15.7. The molecule has 1 saturated heterocycles. The predicted octanol–water partition coefficient (Wildman–Crippen LogP) is 3.07. The molecule has 1 aromatic carbocycles. The van der Waals surface area contributed by atoms with E-state index in [1.165, 1.54) is 0 Å². The van der Waals surface area contributed by atoms with Crippen molar-refractivity contribution in [2.24, 2.45) is 0 Å². The molecule has 1 aliphatic rings. The highest BCUT2D eigenvalue weighted by Crippen LogP contribution is 2.24. The SMILES string of the molecule is Cc1cc(OCC(=O)N2CCO[C@H](c3nc(-c4ccccn4)no3)C2)ccc1Cl. The Morgan fingerprint density at radius 3 is 3.03 bits per heavy atom. The van der Waals surface area contributed by atoms with E-state index in [1.807, 2.05) is 19.1 Å². The lowest BCUT2D eigenvalue weighted by molar-refractivity contribution is -0.142. The molecule has 0 unspecified atom stereocenters. The first kappa shape index (κ1) is 19.4. The van der Waals surface area contributed by atoms with Gasteiger partial charge in [0, 0.05) is 17.8 Å². The monoisotopic (exact) mass is 414 g/mol. The zero-order chi connectivity index (χ0) is 20.2. The number of nitrogens with zero attached hydrogens (tertiary/aromatic N) is 4. The molecular formula is C20H19ClN4O4. The van der Waals surface area contributed by atoms with Gasteiger partial charge in [-0.15, -0.1) is 0 Å². The Bertz CT molecular complexity index is 995. The number of morpholine rings is 1. The molecule has 3 heterocycles. The van der Waals surface area contributed by atoms with Gasteiger partial charge >= 0.3 is 0 Å². The lowest BCUT2D eigenvalue weighted by Crippen LogP contribution is -2.44. The van der Waals surface area contributed by atoms with Gasteiger partial charge < -0.3 is 18.9 Å². The summed E-state index contributed by atoms with van der Waals surface area (Å²) in [6.07, 6.45) is 1.17. The Morgan fingerprint density at radius 2 is 2.24 bits per heavy atom. The van der Waals surface area contributed by atoms with Crippen LogP contribution in [-0.2, 0) is 9.53 Å². The molecule has 0 N–H and O–H groups in total. The van der Waals surface area contributed by atoms with Crippen molar-refractivity contribution in [3.63, 3.8) is 0 Å². The number of hydrogen-bond donors (Lipinski definition) is 0. The summed E-state index contributed by atoms with van der Waals surface area (Å²) in [5, 5.41) is 4.61. The van der Waals surface area contributed by atoms with Crippen LogP contribution in [0, 0.1) is 6.92 Å². The van der Waals surface area contributed by atoms with Gasteiger partial charge in [-0.25, -0.2) is 0 Å². The smallest absolute Gasteiger partial charge is 0.260 e. The molecular weight excluding hydrogens is 396 g/mol. The van der Waals surface area contributed by atoms with Crippen molar-refractivity contribution in [3.8, 4) is 17.3 Å². The summed E-state index contributed by atoms with van der Waals surface area (Å²) in [6, 6.07) is 10.7. The first-order valence-electron chi connectivity index (χ1n) is 9.13. The van der Waals surface area contributed by atoms with Gasteiger partial charge in [-0.2, -0.15) is 4.98 Å². The normalized spacial score (nSPS) is 16.6. The maximum Gasteiger partial charge on any atom is 0.260 e. The molecule has 0 saturated carbocycles. The molecule has 150 valence electrons. The second kappa shape index (κ2) is 8.59. The van der Waals surface area contributed by atoms with Crippen molar-refractivity contribution < 1.29 is 18.8 Å². The van der Waals surface area contributed by atoms with Crippen LogP contribution in [0.1, 0.15) is 17.6 Å². The minimum Gasteiger partial charge on any atom is -0.484 e. The molecule has 9 heteroatoms. The van der Waals surface area contributed by atoms with Crippen molar-refractivity contribution in [1.29, 1.82) is 0 Å². The van der Waals surface area contributed by atoms with Crippen LogP contribution in [0.2, 0.25) is 5.02 Å². The molecule has 29 heavy (non-hydrogen) atoms. The van der Waals surface area contributed by atoms with Crippen molar-refractivity contribution in [1.82, 2.24) is 20.0 Å². The molecule has 8 nitrogen and oxygen atoms in total. The molecule has 0 spiro atoms. The lowest BCUT2D eigenvalue weighted by Gasteiger charge is -2.31. The second-order valence-corrected chi connectivity index (χ2v) is 6.98. The summed E-state index contributed by atoms with van der Waals surface area (Å²) in [4.78, 5) is 22.8. The molecule has 1 amide bonds. The number of amides is 1. The quantitative estimate of drug-likeness (QED) is 0.633. The third kappa shape index (κ3) is 4.55. The third-order valence-corrected chi connectivity index (χ3v) is 4.95. The average Bonchev–Trinajstić information content (AvgIpc) is 3.25. The summed E-state index contributed by atoms with van der Waals surface area (Å²) < 4.78 is 16.7. The van der Waals surface area contributed by atoms with E-state index in [0.29, 0.717) is 47.9 Å². The molecule has 2 aromatic heterocycles. The van der Waals surface area contributed by atoms with Crippen molar-refractivity contribution >= 4 is 17.5 Å². The molecule has 3 aromatic rings. The highest BCUT2D eigenvalue weighted by molar-refractivity contribution is 6.31. The van der Waals surface area contributed by atoms with Crippen LogP contribution in [0.15, 0.2) is 47.1 Å². The van der Waals surface area contributed by atoms with Crippen LogP contribution in [0.25, 0.3) is 11.5 Å². The van der Waals surface area contributed by atoms with E-state index in [9.17, 15) is 4.79 Å². The van der Waals surface area contributed by atoms with Crippen LogP contribution in [0.4, 0.5) is 0 Å². The summed E-state index contributed by atoms with van der Waals surface area (Å²) >= 11 is 6.01. The van der Waals surface area contributed by atoms with E-state index >= 15 is 0 Å². The highest BCUT2D eigenvalue weighted by Gasteiger charge is 2.29. The van der Waals surface area contributed by atoms with E-state index in [1.54, 1.807) is 35.4 Å². The fourth-order valence-electron chi connectivity index (χ4n) is 2.93. The third-order valence-electron chi connectivity index (χ3n) is 4.52. The Hall–Kier alpha value is -2.97. The maximum absolute atomic E-state index is 12.6. The number of halogens is 1. The minimum atomic E-state index is -0.490. The summed E-state index contributed by atoms with van der Waals surface area (Å²) in [7, 11) is 0. The first-order chi connectivity index (χ1) is 14.1. The fourth-order valence-corrected chi connectivity index (χ4v) is 3.05. The van der Waals surface area contributed by atoms with Crippen LogP contribution in [0.3, 0.4) is 0 Å². The Labute approximate surface area is 172 Å². The van der Waals surface area contributed by atoms with E-state index in [4.69, 9.17) is 25.6 Å². The number of carbonyl (C=O) groups excluding carboxylic acids is 1. The van der Waals surface area contributed by atoms with Gasteiger partial charge in [-0.3, -0.25) is 9.78 Å². The molecule has 1 fully saturated rings. The van der Waals surface area contributed by atoms with Crippen molar-refractivity contribution in [3.05, 3.63) is 59.1 Å². The van der Waals surface area contributed by atoms with Crippen LogP contribution in [-0.4, -0.2) is 52.2 Å². The van der Waals surface area contributed by atoms with E-state index in [2.05, 4.69) is 15.1 Å². The molecule has 4 rings (SSSR count). The Kier molecular flexibility index (Phi) is 5.73. The maximum atomic E-state index is 12.6. The number of pyridine rings is 1. The average molecular weight is 415 g/mol. The predicted molar refractivity (Wildman–Crippen MR) is 104 cm³/mol. The highest BCUT2D eigenvalue weighted by atomic mass is 35.5. The Morgan fingerprint density at radius 1 is 1.34 bits per heavy atom. The zero-order valence-corrected chi connectivity index (χ0v) is 16.5. The number of ether oxygens (including phenoxy) is 2. The molecule has 0 radical (unpaired) electrons. The summed E-state index contributed by atoms with van der Waals surface area (Å²) in [5.74, 6) is 1.16. The molecule has 1 atom stereocenters. The summed E-state index contributed by atoms with van der Waals surface area (Å²) in [5.41, 5.74) is 1.50. The molecule has 0 aliphatic carbocycles. The number of carbonyl (C=O) groups is 1. The van der Waals surface area contributed by atoms with Crippen molar-refractivity contribution in [2.75, 3.05) is 26.3 Å². The van der Waals surface area contributed by atoms with Crippen molar-refractivity contribution in [2.45, 2.75) is 13.0 Å². The number of aryl methyl sites for hydroxylation is 1. The molecule has 1 aliphatic heterocycles. The number of aromatic nitrogens is 3. The second-order valence-electron chi connectivity index (χ2n) is 6.57.